The molecule has 1 aliphatic rings. The molecule has 0 atom stereocenters. The molecule has 0 N–H and O–H groups in total. The van der Waals surface area contributed by atoms with Crippen LogP contribution in [0.25, 0.3) is 11.3 Å². The van der Waals surface area contributed by atoms with Gasteiger partial charge in [-0.1, -0.05) is 84.1 Å². The van der Waals surface area contributed by atoms with Crippen LogP contribution in [0, 0.1) is 5.92 Å². The average Bonchev–Trinajstić information content (AvgIpc) is 2.89. The molecular weight excluding hydrogens is 422 g/mol. The number of hydrogen-bond acceptors (Lipinski definition) is 4. The summed E-state index contributed by atoms with van der Waals surface area (Å²) in [5.41, 5.74) is 3.03. The van der Waals surface area contributed by atoms with Crippen molar-refractivity contribution >= 4 is 0 Å². The minimum atomic E-state index is -0.296. The molecule has 34 heavy (non-hydrogen) atoms. The van der Waals surface area contributed by atoms with Crippen molar-refractivity contribution in [2.45, 2.75) is 97.2 Å². The van der Waals surface area contributed by atoms with Gasteiger partial charge < -0.3 is 14.2 Å². The van der Waals surface area contributed by atoms with Crippen LogP contribution in [0.3, 0.4) is 0 Å². The molecule has 2 aromatic rings. The van der Waals surface area contributed by atoms with Crippen molar-refractivity contribution in [2.24, 2.45) is 5.92 Å². The Morgan fingerprint density at radius 3 is 2.06 bits per heavy atom. The van der Waals surface area contributed by atoms with Crippen molar-refractivity contribution < 1.29 is 14.2 Å². The molecule has 0 unspecified atom stereocenters. The minimum absolute atomic E-state index is 0.296. The third-order valence-electron chi connectivity index (χ3n) is 6.66. The lowest BCUT2D eigenvalue weighted by molar-refractivity contribution is -0.206. The highest BCUT2D eigenvalue weighted by Gasteiger charge is 2.23. The van der Waals surface area contributed by atoms with Crippen molar-refractivity contribution in [2.75, 3.05) is 19.8 Å². The number of nitrogens with zero attached hydrogens (tertiary/aromatic N) is 1. The van der Waals surface area contributed by atoms with Gasteiger partial charge in [-0.25, -0.2) is 0 Å². The number of benzene rings is 1. The lowest BCUT2D eigenvalue weighted by Crippen LogP contribution is -2.27. The van der Waals surface area contributed by atoms with Crippen molar-refractivity contribution in [3.05, 3.63) is 48.2 Å². The molecule has 3 rings (SSSR count). The van der Waals surface area contributed by atoms with Gasteiger partial charge in [0.05, 0.1) is 25.5 Å². The van der Waals surface area contributed by atoms with Crippen LogP contribution in [0.4, 0.5) is 0 Å². The summed E-state index contributed by atoms with van der Waals surface area (Å²) in [6.45, 7) is 6.85. The third kappa shape index (κ3) is 9.38. The molecule has 4 heteroatoms. The first-order chi connectivity index (χ1) is 16.8. The second kappa shape index (κ2) is 15.9. The highest BCUT2D eigenvalue weighted by Crippen LogP contribution is 2.28. The van der Waals surface area contributed by atoms with Gasteiger partial charge in [-0.3, -0.25) is 4.98 Å². The summed E-state index contributed by atoms with van der Waals surface area (Å²) in [7, 11) is 0. The van der Waals surface area contributed by atoms with Gasteiger partial charge in [-0.05, 0) is 43.2 Å². The Labute approximate surface area is 207 Å². The molecule has 188 valence electrons. The van der Waals surface area contributed by atoms with E-state index in [-0.39, 0.29) is 6.29 Å². The van der Waals surface area contributed by atoms with Gasteiger partial charge in [0.25, 0.3) is 0 Å². The molecule has 1 aromatic heterocycles. The largest absolute Gasteiger partial charge is 0.494 e. The molecule has 0 radical (unpaired) electrons. The predicted octanol–water partition coefficient (Wildman–Crippen LogP) is 8.51. The Kier molecular flexibility index (Phi) is 12.5. The average molecular weight is 468 g/mol. The number of hydrogen-bond donors (Lipinski definition) is 0. The van der Waals surface area contributed by atoms with E-state index in [0.717, 1.165) is 48.8 Å². The monoisotopic (exact) mass is 467 g/mol. The summed E-state index contributed by atoms with van der Waals surface area (Å²) in [5.74, 6) is 1.45. The van der Waals surface area contributed by atoms with Crippen molar-refractivity contribution in [1.82, 2.24) is 4.98 Å². The maximum absolute atomic E-state index is 6.02. The van der Waals surface area contributed by atoms with Crippen LogP contribution in [0.2, 0.25) is 0 Å². The van der Waals surface area contributed by atoms with E-state index in [1.165, 1.54) is 70.6 Å². The van der Waals surface area contributed by atoms with Gasteiger partial charge >= 0.3 is 0 Å². The Morgan fingerprint density at radius 2 is 1.41 bits per heavy atom. The summed E-state index contributed by atoms with van der Waals surface area (Å²) in [5, 5.41) is 0. The molecule has 0 amide bonds. The van der Waals surface area contributed by atoms with Crippen LogP contribution < -0.4 is 4.74 Å². The van der Waals surface area contributed by atoms with Crippen LogP contribution in [0.15, 0.2) is 42.6 Å². The van der Waals surface area contributed by atoms with E-state index in [0.29, 0.717) is 5.92 Å². The molecule has 0 bridgehead atoms. The second-order valence-electron chi connectivity index (χ2n) is 9.68. The Morgan fingerprint density at radius 1 is 0.765 bits per heavy atom. The minimum Gasteiger partial charge on any atom is -0.494 e. The molecule has 1 aromatic carbocycles. The first kappa shape index (κ1) is 26.7. The predicted molar refractivity (Wildman–Crippen MR) is 140 cm³/mol. The normalized spacial score (nSPS) is 18.2. The molecule has 4 nitrogen and oxygen atoms in total. The molecule has 2 heterocycles. The van der Waals surface area contributed by atoms with E-state index in [4.69, 9.17) is 14.2 Å². The first-order valence-corrected chi connectivity index (χ1v) is 13.7. The summed E-state index contributed by atoms with van der Waals surface area (Å²) in [6, 6.07) is 12.3. The van der Waals surface area contributed by atoms with Crippen LogP contribution >= 0.6 is 0 Å². The first-order valence-electron chi connectivity index (χ1n) is 13.7. The number of rotatable bonds is 16. The van der Waals surface area contributed by atoms with Gasteiger partial charge in [-0.15, -0.1) is 0 Å². The lowest BCUT2D eigenvalue weighted by atomic mass is 10.0. The Bertz CT molecular complexity index is 767. The summed E-state index contributed by atoms with van der Waals surface area (Å²) < 4.78 is 17.9. The van der Waals surface area contributed by atoms with Gasteiger partial charge in [0.15, 0.2) is 6.29 Å². The Balaban J connectivity index is 1.37. The van der Waals surface area contributed by atoms with E-state index in [2.05, 4.69) is 37.0 Å². The zero-order valence-corrected chi connectivity index (χ0v) is 21.5. The summed E-state index contributed by atoms with van der Waals surface area (Å²) >= 11 is 0. The topological polar surface area (TPSA) is 40.6 Å². The van der Waals surface area contributed by atoms with Crippen molar-refractivity contribution in [3.63, 3.8) is 0 Å². The van der Waals surface area contributed by atoms with Crippen molar-refractivity contribution in [3.8, 4) is 17.0 Å². The van der Waals surface area contributed by atoms with Crippen LogP contribution in [-0.4, -0.2) is 24.8 Å². The van der Waals surface area contributed by atoms with Gasteiger partial charge in [0.2, 0.25) is 0 Å². The summed E-state index contributed by atoms with van der Waals surface area (Å²) in [6.07, 6.45) is 17.1. The zero-order chi connectivity index (χ0) is 23.8. The third-order valence-corrected chi connectivity index (χ3v) is 6.66. The molecule has 0 spiro atoms. The lowest BCUT2D eigenvalue weighted by Gasteiger charge is -2.29. The highest BCUT2D eigenvalue weighted by atomic mass is 16.7. The molecule has 0 aliphatic carbocycles. The Hall–Kier alpha value is -1.91. The maximum Gasteiger partial charge on any atom is 0.185 e. The van der Waals surface area contributed by atoms with E-state index >= 15 is 0 Å². The smallest absolute Gasteiger partial charge is 0.185 e. The molecule has 1 fully saturated rings. The number of unbranched alkanes of at least 4 members (excludes halogenated alkanes) is 9. The summed E-state index contributed by atoms with van der Waals surface area (Å²) in [4.78, 5) is 4.66. The standard InChI is InChI=1S/C30H45NO3/c1-3-5-7-9-10-12-14-25-23-33-30(34-24-25)27-17-20-29(31-22-27)26-15-18-28(19-16-26)32-21-13-11-8-6-4-2/h15-20,22,25,30H,3-14,21,23-24H2,1-2H3/t25-,30-. The van der Waals surface area contributed by atoms with Crippen LogP contribution in [0.1, 0.15) is 103 Å². The molecule has 0 saturated carbocycles. The van der Waals surface area contributed by atoms with E-state index in [1.807, 2.05) is 24.4 Å². The molecule has 1 saturated heterocycles. The fraction of sp³-hybridized carbons (Fsp3) is 0.633. The van der Waals surface area contributed by atoms with Gasteiger partial charge in [0.1, 0.15) is 5.75 Å². The van der Waals surface area contributed by atoms with E-state index in [1.54, 1.807) is 0 Å². The highest BCUT2D eigenvalue weighted by molar-refractivity contribution is 5.60. The van der Waals surface area contributed by atoms with Crippen LogP contribution in [0.5, 0.6) is 5.75 Å². The number of pyridine rings is 1. The van der Waals surface area contributed by atoms with Gasteiger partial charge in [0, 0.05) is 23.2 Å². The second-order valence-corrected chi connectivity index (χ2v) is 9.68. The fourth-order valence-corrected chi connectivity index (χ4v) is 4.45. The number of aromatic nitrogens is 1. The molecular formula is C30H45NO3. The maximum atomic E-state index is 6.02. The SMILES string of the molecule is CCCCCCCC[C@H]1CO[C@H](c2ccc(-c3ccc(OCCCCCCC)cc3)nc2)OC1. The van der Waals surface area contributed by atoms with Crippen molar-refractivity contribution in [1.29, 1.82) is 0 Å². The van der Waals surface area contributed by atoms with E-state index < -0.39 is 0 Å². The number of ether oxygens (including phenoxy) is 3. The quantitative estimate of drug-likeness (QED) is 0.232. The van der Waals surface area contributed by atoms with Gasteiger partial charge in [-0.2, -0.15) is 0 Å². The van der Waals surface area contributed by atoms with Crippen LogP contribution in [-0.2, 0) is 9.47 Å². The van der Waals surface area contributed by atoms with E-state index in [9.17, 15) is 0 Å². The molecule has 1 aliphatic heterocycles. The fourth-order valence-electron chi connectivity index (χ4n) is 4.45. The zero-order valence-electron chi connectivity index (χ0n) is 21.5.